The van der Waals surface area contributed by atoms with E-state index in [-0.39, 0.29) is 11.2 Å². The van der Waals surface area contributed by atoms with Crippen LogP contribution in [0.2, 0.25) is 0 Å². The van der Waals surface area contributed by atoms with Crippen LogP contribution in [-0.2, 0) is 10.3 Å². The molecule has 0 amide bonds. The maximum atomic E-state index is 10.5. The Hall–Kier alpha value is -1.36. The molecular formula is C8H10N2O3. The number of aromatic carboxylic acids is 1. The van der Waals surface area contributed by atoms with Gasteiger partial charge in [-0.3, -0.25) is 4.68 Å². The lowest BCUT2D eigenvalue weighted by Crippen LogP contribution is -2.49. The maximum Gasteiger partial charge on any atom is 0.356 e. The van der Waals surface area contributed by atoms with Gasteiger partial charge in [-0.25, -0.2) is 4.79 Å². The molecule has 1 aliphatic rings. The van der Waals surface area contributed by atoms with Gasteiger partial charge in [0.1, 0.15) is 5.54 Å². The molecule has 1 aromatic heterocycles. The summed E-state index contributed by atoms with van der Waals surface area (Å²) in [6, 6.07) is 1.49. The summed E-state index contributed by atoms with van der Waals surface area (Å²) in [7, 11) is 0. The first-order valence-electron chi connectivity index (χ1n) is 3.99. The molecule has 1 fully saturated rings. The molecule has 0 atom stereocenters. The van der Waals surface area contributed by atoms with Crippen molar-refractivity contribution in [1.82, 2.24) is 9.78 Å². The molecule has 2 rings (SSSR count). The summed E-state index contributed by atoms with van der Waals surface area (Å²) in [4.78, 5) is 10.5. The summed E-state index contributed by atoms with van der Waals surface area (Å²) in [5, 5.41) is 12.6. The SMILES string of the molecule is CC1(n2ccc(C(=O)O)n2)COC1. The van der Waals surface area contributed by atoms with E-state index in [2.05, 4.69) is 5.10 Å². The van der Waals surface area contributed by atoms with E-state index in [1.54, 1.807) is 10.9 Å². The van der Waals surface area contributed by atoms with E-state index in [4.69, 9.17) is 9.84 Å². The van der Waals surface area contributed by atoms with Gasteiger partial charge in [0, 0.05) is 6.20 Å². The van der Waals surface area contributed by atoms with Crippen LogP contribution in [-0.4, -0.2) is 34.1 Å². The second-order valence-electron chi connectivity index (χ2n) is 3.44. The van der Waals surface area contributed by atoms with Gasteiger partial charge in [0.2, 0.25) is 0 Å². The lowest BCUT2D eigenvalue weighted by atomic mass is 10.0. The average molecular weight is 182 g/mol. The highest BCUT2D eigenvalue weighted by atomic mass is 16.5. The Labute approximate surface area is 74.9 Å². The van der Waals surface area contributed by atoms with E-state index >= 15 is 0 Å². The zero-order chi connectivity index (χ0) is 9.47. The van der Waals surface area contributed by atoms with E-state index < -0.39 is 5.97 Å². The third kappa shape index (κ3) is 1.21. The quantitative estimate of drug-likeness (QED) is 0.715. The number of carbonyl (C=O) groups is 1. The minimum Gasteiger partial charge on any atom is -0.476 e. The van der Waals surface area contributed by atoms with Gasteiger partial charge < -0.3 is 9.84 Å². The molecule has 0 aromatic carbocycles. The first-order valence-corrected chi connectivity index (χ1v) is 3.99. The molecule has 2 heterocycles. The molecule has 0 bridgehead atoms. The van der Waals surface area contributed by atoms with E-state index in [0.29, 0.717) is 13.2 Å². The normalized spacial score (nSPS) is 19.5. The van der Waals surface area contributed by atoms with Crippen molar-refractivity contribution in [2.75, 3.05) is 13.2 Å². The first kappa shape index (κ1) is 8.25. The Morgan fingerprint density at radius 1 is 1.77 bits per heavy atom. The first-order chi connectivity index (χ1) is 6.12. The fourth-order valence-electron chi connectivity index (χ4n) is 1.27. The van der Waals surface area contributed by atoms with Gasteiger partial charge in [-0.1, -0.05) is 0 Å². The van der Waals surface area contributed by atoms with Crippen molar-refractivity contribution in [3.8, 4) is 0 Å². The highest BCUT2D eigenvalue weighted by Crippen LogP contribution is 2.24. The predicted octanol–water partition coefficient (Wildman–Crippen LogP) is 0.327. The third-order valence-electron chi connectivity index (χ3n) is 2.19. The van der Waals surface area contributed by atoms with Crippen molar-refractivity contribution >= 4 is 5.97 Å². The molecule has 0 radical (unpaired) electrons. The maximum absolute atomic E-state index is 10.5. The highest BCUT2D eigenvalue weighted by Gasteiger charge is 2.36. The number of nitrogens with zero attached hydrogens (tertiary/aromatic N) is 2. The van der Waals surface area contributed by atoms with E-state index in [1.165, 1.54) is 6.07 Å². The topological polar surface area (TPSA) is 64.4 Å². The van der Waals surface area contributed by atoms with E-state index in [1.807, 2.05) is 6.92 Å². The monoisotopic (exact) mass is 182 g/mol. The van der Waals surface area contributed by atoms with Crippen molar-refractivity contribution in [3.05, 3.63) is 18.0 Å². The molecule has 1 N–H and O–H groups in total. The summed E-state index contributed by atoms with van der Waals surface area (Å²) < 4.78 is 6.71. The number of carboxylic acid groups (broad SMARTS) is 1. The molecule has 1 aliphatic heterocycles. The van der Waals surface area contributed by atoms with Crippen LogP contribution in [0, 0.1) is 0 Å². The van der Waals surface area contributed by atoms with Crippen LogP contribution in [0.3, 0.4) is 0 Å². The van der Waals surface area contributed by atoms with Gasteiger partial charge in [0.15, 0.2) is 5.69 Å². The lowest BCUT2D eigenvalue weighted by molar-refractivity contribution is -0.0959. The largest absolute Gasteiger partial charge is 0.476 e. The summed E-state index contributed by atoms with van der Waals surface area (Å²) >= 11 is 0. The molecular weight excluding hydrogens is 172 g/mol. The minimum atomic E-state index is -0.998. The molecule has 0 aliphatic carbocycles. The zero-order valence-electron chi connectivity index (χ0n) is 7.23. The van der Waals surface area contributed by atoms with Crippen molar-refractivity contribution in [3.63, 3.8) is 0 Å². The van der Waals surface area contributed by atoms with E-state index in [9.17, 15) is 4.79 Å². The van der Waals surface area contributed by atoms with E-state index in [0.717, 1.165) is 0 Å². The molecule has 0 spiro atoms. The summed E-state index contributed by atoms with van der Waals surface area (Å²) in [6.07, 6.45) is 1.67. The highest BCUT2D eigenvalue weighted by molar-refractivity contribution is 5.85. The molecule has 1 aromatic rings. The van der Waals surface area contributed by atoms with Crippen LogP contribution in [0.15, 0.2) is 12.3 Å². The Morgan fingerprint density at radius 2 is 2.46 bits per heavy atom. The average Bonchev–Trinajstić information content (AvgIpc) is 2.48. The van der Waals surface area contributed by atoms with Crippen LogP contribution in [0.5, 0.6) is 0 Å². The Kier molecular flexibility index (Phi) is 1.63. The predicted molar refractivity (Wildman–Crippen MR) is 43.7 cm³/mol. The second-order valence-corrected chi connectivity index (χ2v) is 3.44. The zero-order valence-corrected chi connectivity index (χ0v) is 7.23. The fourth-order valence-corrected chi connectivity index (χ4v) is 1.27. The summed E-state index contributed by atoms with van der Waals surface area (Å²) in [5.41, 5.74) is -0.0821. The molecule has 13 heavy (non-hydrogen) atoms. The number of aromatic nitrogens is 2. The molecule has 70 valence electrons. The van der Waals surface area contributed by atoms with Crippen LogP contribution in [0.25, 0.3) is 0 Å². The van der Waals surface area contributed by atoms with Gasteiger partial charge in [0.25, 0.3) is 0 Å². The second kappa shape index (κ2) is 2.56. The standard InChI is InChI=1S/C8H10N2O3/c1-8(4-13-5-8)10-3-2-6(9-10)7(11)12/h2-3H,4-5H2,1H3,(H,11,12). The molecule has 5 nitrogen and oxygen atoms in total. The fraction of sp³-hybridized carbons (Fsp3) is 0.500. The Balaban J connectivity index is 2.27. The minimum absolute atomic E-state index is 0.0770. The lowest BCUT2D eigenvalue weighted by Gasteiger charge is -2.38. The van der Waals surface area contributed by atoms with Crippen molar-refractivity contribution < 1.29 is 14.6 Å². The van der Waals surface area contributed by atoms with Gasteiger partial charge in [-0.2, -0.15) is 5.10 Å². The van der Waals surface area contributed by atoms with Gasteiger partial charge >= 0.3 is 5.97 Å². The number of ether oxygens (including phenoxy) is 1. The Morgan fingerprint density at radius 3 is 2.85 bits per heavy atom. The molecule has 1 saturated heterocycles. The van der Waals surface area contributed by atoms with Crippen molar-refractivity contribution in [2.45, 2.75) is 12.5 Å². The molecule has 0 unspecified atom stereocenters. The smallest absolute Gasteiger partial charge is 0.356 e. The van der Waals surface area contributed by atoms with Crippen LogP contribution < -0.4 is 0 Å². The van der Waals surface area contributed by atoms with Gasteiger partial charge in [-0.15, -0.1) is 0 Å². The van der Waals surface area contributed by atoms with Crippen LogP contribution in [0.4, 0.5) is 0 Å². The summed E-state index contributed by atoms with van der Waals surface area (Å²) in [6.45, 7) is 3.16. The number of hydrogen-bond acceptors (Lipinski definition) is 3. The van der Waals surface area contributed by atoms with Crippen molar-refractivity contribution in [2.24, 2.45) is 0 Å². The number of rotatable bonds is 2. The number of hydrogen-bond donors (Lipinski definition) is 1. The summed E-state index contributed by atoms with van der Waals surface area (Å²) in [5.74, 6) is -0.998. The van der Waals surface area contributed by atoms with Crippen LogP contribution in [0.1, 0.15) is 17.4 Å². The Bertz CT molecular complexity index is 341. The van der Waals surface area contributed by atoms with Crippen molar-refractivity contribution in [1.29, 1.82) is 0 Å². The molecule has 5 heteroatoms. The van der Waals surface area contributed by atoms with Crippen LogP contribution >= 0.6 is 0 Å². The third-order valence-corrected chi connectivity index (χ3v) is 2.19. The number of carboxylic acids is 1. The van der Waals surface area contributed by atoms with Gasteiger partial charge in [0.05, 0.1) is 13.2 Å². The molecule has 0 saturated carbocycles. The van der Waals surface area contributed by atoms with Gasteiger partial charge in [-0.05, 0) is 13.0 Å².